The summed E-state index contributed by atoms with van der Waals surface area (Å²) in [5.74, 6) is 1.40. The third kappa shape index (κ3) is 5.48. The van der Waals surface area contributed by atoms with Crippen molar-refractivity contribution in [2.45, 2.75) is 75.2 Å². The van der Waals surface area contributed by atoms with Crippen LogP contribution in [0.4, 0.5) is 0 Å². The summed E-state index contributed by atoms with van der Waals surface area (Å²) in [6.07, 6.45) is 16.9. The van der Waals surface area contributed by atoms with Gasteiger partial charge in [-0.05, 0) is 104 Å². The van der Waals surface area contributed by atoms with Gasteiger partial charge in [-0.2, -0.15) is 0 Å². The zero-order valence-corrected chi connectivity index (χ0v) is 32.9. The van der Waals surface area contributed by atoms with Gasteiger partial charge >= 0.3 is 0 Å². The van der Waals surface area contributed by atoms with Crippen LogP contribution in [0.25, 0.3) is 39.1 Å². The number of nitrogens with one attached hydrogen (secondary N) is 1. The Balaban J connectivity index is 0.972. The molecule has 2 atom stereocenters. The fourth-order valence-electron chi connectivity index (χ4n) is 11.1. The fourth-order valence-corrected chi connectivity index (χ4v) is 11.1. The highest BCUT2D eigenvalue weighted by Gasteiger charge is 2.48. The average Bonchev–Trinajstić information content (AvgIpc) is 3.67. The highest BCUT2D eigenvalue weighted by Crippen LogP contribution is 2.62. The lowest BCUT2D eigenvalue weighted by molar-refractivity contribution is 0.352. The molecular weight excluding hydrogens is 689 g/mol. The molecule has 278 valence electrons. The standard InChI is InChI=1S/C55H48N2/c1-54(2)46-24-11-10-22-43(46)44-33-49-45(34-48(44)54)52-42(23-15-25-47(52)55(49)30-12-5-13-31-55)37-28-26-36(27-29-37)40-20-14-21-41(32-40)51-35-50(38-16-6-3-7-17-38)56-53(57-51)39-18-8-4-9-19-39/h3-4,6-11,14-21,23-29,32-35,43,51H,5,12-13,22,30-31H2,1-2H3,(H,56,57). The van der Waals surface area contributed by atoms with Gasteiger partial charge in [-0.3, -0.25) is 4.99 Å². The number of rotatable bonds is 5. The lowest BCUT2D eigenvalue weighted by Gasteiger charge is -2.36. The summed E-state index contributed by atoms with van der Waals surface area (Å²) in [7, 11) is 0. The Morgan fingerprint density at radius 3 is 2.11 bits per heavy atom. The molecular formula is C55H48N2. The van der Waals surface area contributed by atoms with Crippen molar-refractivity contribution in [3.63, 3.8) is 0 Å². The molecule has 4 aliphatic carbocycles. The van der Waals surface area contributed by atoms with Crippen molar-refractivity contribution in [1.29, 1.82) is 0 Å². The van der Waals surface area contributed by atoms with Gasteiger partial charge in [0.1, 0.15) is 5.84 Å². The highest BCUT2D eigenvalue weighted by molar-refractivity contribution is 6.05. The van der Waals surface area contributed by atoms with Crippen molar-refractivity contribution in [2.24, 2.45) is 4.99 Å². The van der Waals surface area contributed by atoms with E-state index >= 15 is 0 Å². The van der Waals surface area contributed by atoms with Crippen LogP contribution in [0.3, 0.4) is 0 Å². The minimum absolute atomic E-state index is 0.0366. The first-order valence-corrected chi connectivity index (χ1v) is 21.1. The quantitative estimate of drug-likeness (QED) is 0.187. The van der Waals surface area contributed by atoms with Gasteiger partial charge in [-0.1, -0.05) is 184 Å². The van der Waals surface area contributed by atoms with Crippen molar-refractivity contribution in [3.05, 3.63) is 208 Å². The SMILES string of the molecule is CC1(C)C2=CC=CCC2c2cc3c(cc21)-c1c(-c2ccc(-c4cccc(C5C=C(c6ccccc6)NC(c6ccccc6)=N5)c4)cc2)cccc1C31CCCCC1. The Morgan fingerprint density at radius 1 is 0.596 bits per heavy atom. The Kier molecular flexibility index (Phi) is 8.00. The third-order valence-electron chi connectivity index (χ3n) is 13.9. The second-order valence-corrected chi connectivity index (χ2v) is 17.4. The van der Waals surface area contributed by atoms with Crippen molar-refractivity contribution in [3.8, 4) is 33.4 Å². The van der Waals surface area contributed by atoms with Gasteiger partial charge in [-0.15, -0.1) is 0 Å². The van der Waals surface area contributed by atoms with E-state index in [1.807, 2.05) is 0 Å². The van der Waals surface area contributed by atoms with Gasteiger partial charge < -0.3 is 5.32 Å². The van der Waals surface area contributed by atoms with Crippen molar-refractivity contribution >= 4 is 11.5 Å². The number of hydrogen-bond donors (Lipinski definition) is 1. The Bertz CT molecular complexity index is 2610. The maximum atomic E-state index is 5.25. The lowest BCUT2D eigenvalue weighted by Crippen LogP contribution is -2.28. The minimum atomic E-state index is -0.113. The summed E-state index contributed by atoms with van der Waals surface area (Å²) < 4.78 is 0. The van der Waals surface area contributed by atoms with E-state index in [4.69, 9.17) is 4.99 Å². The number of fused-ring (bicyclic) bond motifs is 8. The molecule has 6 aromatic rings. The van der Waals surface area contributed by atoms with Crippen LogP contribution in [0, 0.1) is 0 Å². The molecule has 0 bridgehead atoms. The number of allylic oxidation sites excluding steroid dienone is 4. The number of aliphatic imine (C=N–C) groups is 1. The van der Waals surface area contributed by atoms with Crippen LogP contribution in [0.2, 0.25) is 0 Å². The van der Waals surface area contributed by atoms with Gasteiger partial charge in [0.2, 0.25) is 0 Å². The fraction of sp³-hybridized carbons (Fsp3) is 0.218. The number of nitrogens with zero attached hydrogens (tertiary/aromatic N) is 1. The first-order valence-electron chi connectivity index (χ1n) is 21.1. The van der Waals surface area contributed by atoms with Crippen molar-refractivity contribution < 1.29 is 0 Å². The highest BCUT2D eigenvalue weighted by atomic mass is 15.0. The maximum absolute atomic E-state index is 5.25. The van der Waals surface area contributed by atoms with E-state index in [0.29, 0.717) is 5.92 Å². The Morgan fingerprint density at radius 2 is 1.32 bits per heavy atom. The second-order valence-electron chi connectivity index (χ2n) is 17.4. The molecule has 0 amide bonds. The van der Waals surface area contributed by atoms with Crippen LogP contribution in [-0.2, 0) is 10.8 Å². The molecule has 5 aliphatic rings. The zero-order valence-electron chi connectivity index (χ0n) is 32.9. The molecule has 2 nitrogen and oxygen atoms in total. The molecule has 1 aliphatic heterocycles. The number of benzene rings is 6. The average molecular weight is 737 g/mol. The van der Waals surface area contributed by atoms with Crippen molar-refractivity contribution in [2.75, 3.05) is 0 Å². The lowest BCUT2D eigenvalue weighted by atomic mass is 9.67. The van der Waals surface area contributed by atoms with Gasteiger partial charge in [0.05, 0.1) is 6.04 Å². The predicted octanol–water partition coefficient (Wildman–Crippen LogP) is 13.6. The number of hydrogen-bond acceptors (Lipinski definition) is 2. The molecule has 11 rings (SSSR count). The summed E-state index contributed by atoms with van der Waals surface area (Å²) >= 11 is 0. The van der Waals surface area contributed by atoms with Crippen LogP contribution in [0.1, 0.15) is 103 Å². The normalized spacial score (nSPS) is 20.7. The first kappa shape index (κ1) is 34.3. The maximum Gasteiger partial charge on any atom is 0.133 e. The first-order chi connectivity index (χ1) is 28.0. The third-order valence-corrected chi connectivity index (χ3v) is 13.9. The minimum Gasteiger partial charge on any atom is -0.340 e. The molecule has 6 aromatic carbocycles. The summed E-state index contributed by atoms with van der Waals surface area (Å²) in [4.78, 5) is 5.25. The smallest absolute Gasteiger partial charge is 0.133 e. The van der Waals surface area contributed by atoms with E-state index in [2.05, 4.69) is 183 Å². The Hall–Kier alpha value is -5.99. The van der Waals surface area contributed by atoms with Crippen LogP contribution >= 0.6 is 0 Å². The zero-order chi connectivity index (χ0) is 38.1. The second kappa shape index (κ2) is 13.3. The molecule has 0 saturated heterocycles. The topological polar surface area (TPSA) is 24.4 Å². The van der Waals surface area contributed by atoms with Gasteiger partial charge in [-0.25, -0.2) is 0 Å². The molecule has 1 spiro atoms. The van der Waals surface area contributed by atoms with E-state index in [0.717, 1.165) is 29.1 Å². The monoisotopic (exact) mass is 736 g/mol. The van der Waals surface area contributed by atoms with E-state index in [1.54, 1.807) is 22.3 Å². The van der Waals surface area contributed by atoms with Gasteiger partial charge in [0.25, 0.3) is 0 Å². The van der Waals surface area contributed by atoms with Crippen molar-refractivity contribution in [1.82, 2.24) is 5.32 Å². The van der Waals surface area contributed by atoms with E-state index in [-0.39, 0.29) is 16.9 Å². The van der Waals surface area contributed by atoms with Gasteiger partial charge in [0, 0.05) is 28.0 Å². The van der Waals surface area contributed by atoms with Crippen LogP contribution in [0.5, 0.6) is 0 Å². The molecule has 2 heteroatoms. The summed E-state index contributed by atoms with van der Waals surface area (Å²) in [6.45, 7) is 4.90. The summed E-state index contributed by atoms with van der Waals surface area (Å²) in [5.41, 5.74) is 20.5. The van der Waals surface area contributed by atoms with E-state index in [9.17, 15) is 0 Å². The van der Waals surface area contributed by atoms with E-state index in [1.165, 1.54) is 76.6 Å². The molecule has 1 saturated carbocycles. The predicted molar refractivity (Wildman–Crippen MR) is 237 cm³/mol. The molecule has 0 aromatic heterocycles. The summed E-state index contributed by atoms with van der Waals surface area (Å²) in [5, 5.41) is 3.63. The molecule has 1 fully saturated rings. The largest absolute Gasteiger partial charge is 0.340 e. The molecule has 57 heavy (non-hydrogen) atoms. The molecule has 1 heterocycles. The Labute approximate surface area is 337 Å². The van der Waals surface area contributed by atoms with Crippen LogP contribution < -0.4 is 5.32 Å². The molecule has 1 N–H and O–H groups in total. The van der Waals surface area contributed by atoms with Crippen LogP contribution in [0.15, 0.2) is 174 Å². The van der Waals surface area contributed by atoms with Gasteiger partial charge in [0.15, 0.2) is 0 Å². The summed E-state index contributed by atoms with van der Waals surface area (Å²) in [6, 6.07) is 51.7. The molecule has 2 unspecified atom stereocenters. The number of amidine groups is 1. The molecule has 0 radical (unpaired) electrons. The van der Waals surface area contributed by atoms with E-state index < -0.39 is 0 Å². The van der Waals surface area contributed by atoms with Crippen LogP contribution in [-0.4, -0.2) is 5.84 Å².